The summed E-state index contributed by atoms with van der Waals surface area (Å²) in [6.07, 6.45) is 13.1. The summed E-state index contributed by atoms with van der Waals surface area (Å²) in [4.78, 5) is 9.33. The molecular weight excluding hydrogens is 282 g/mol. The van der Waals surface area contributed by atoms with Crippen LogP contribution in [0.15, 0.2) is 54.7 Å². The third-order valence-electron chi connectivity index (χ3n) is 4.63. The molecule has 116 valence electrons. The Hall–Kier alpha value is -2.42. The van der Waals surface area contributed by atoms with Gasteiger partial charge in [0.2, 0.25) is 0 Å². The van der Waals surface area contributed by atoms with E-state index in [0.29, 0.717) is 5.92 Å². The fraction of sp³-hybridized carbons (Fsp3) is 0.300. The maximum atomic E-state index is 4.81. The number of allylic oxidation sites excluding steroid dienone is 1. The molecule has 0 unspecified atom stereocenters. The Morgan fingerprint density at radius 1 is 0.957 bits per heavy atom. The van der Waals surface area contributed by atoms with E-state index in [2.05, 4.69) is 39.9 Å². The van der Waals surface area contributed by atoms with Crippen LogP contribution < -0.4 is 0 Å². The zero-order valence-corrected chi connectivity index (χ0v) is 13.2. The first-order valence-corrected chi connectivity index (χ1v) is 8.49. The first kappa shape index (κ1) is 14.2. The van der Waals surface area contributed by atoms with Gasteiger partial charge in [0.25, 0.3) is 0 Å². The number of para-hydroxylation sites is 2. The number of pyridine rings is 1. The Kier molecular flexibility index (Phi) is 3.93. The van der Waals surface area contributed by atoms with Crippen molar-refractivity contribution in [2.45, 2.75) is 32.1 Å². The van der Waals surface area contributed by atoms with E-state index in [9.17, 15) is 0 Å². The molecule has 2 heterocycles. The summed E-state index contributed by atoms with van der Waals surface area (Å²) >= 11 is 0. The predicted octanol–water partition coefficient (Wildman–Crippen LogP) is 5.01. The van der Waals surface area contributed by atoms with Crippen LogP contribution in [-0.4, -0.2) is 14.5 Å². The number of imidazole rings is 1. The van der Waals surface area contributed by atoms with Crippen LogP contribution in [0.3, 0.4) is 0 Å². The molecule has 1 fully saturated rings. The number of hydrogen-bond donors (Lipinski definition) is 0. The maximum absolute atomic E-state index is 4.81. The summed E-state index contributed by atoms with van der Waals surface area (Å²) in [5.74, 6) is 2.58. The second kappa shape index (κ2) is 6.37. The van der Waals surface area contributed by atoms with Gasteiger partial charge < -0.3 is 0 Å². The highest BCUT2D eigenvalue weighted by atomic mass is 15.1. The number of fused-ring (bicyclic) bond motifs is 1. The lowest BCUT2D eigenvalue weighted by molar-refractivity contribution is 0.420. The summed E-state index contributed by atoms with van der Waals surface area (Å²) in [5.41, 5.74) is 2.12. The van der Waals surface area contributed by atoms with Crippen LogP contribution in [0.5, 0.6) is 0 Å². The largest absolute Gasteiger partial charge is 0.277 e. The second-order valence-corrected chi connectivity index (χ2v) is 6.24. The van der Waals surface area contributed by atoms with Gasteiger partial charge in [0, 0.05) is 6.20 Å². The minimum Gasteiger partial charge on any atom is -0.277 e. The quantitative estimate of drug-likeness (QED) is 0.680. The van der Waals surface area contributed by atoms with E-state index in [0.717, 1.165) is 22.7 Å². The molecule has 3 nitrogen and oxygen atoms in total. The van der Waals surface area contributed by atoms with Crippen molar-refractivity contribution in [3.05, 3.63) is 60.6 Å². The standard InChI is InChI=1S/C20H21N3/c1-2-8-16(9-3-1)13-14-20-22-17-10-4-5-11-18(17)23(20)19-12-6-7-15-21-19/h4-7,10-16H,1-3,8-9H2. The van der Waals surface area contributed by atoms with Crippen molar-refractivity contribution in [1.29, 1.82) is 0 Å². The number of nitrogens with zero attached hydrogens (tertiary/aromatic N) is 3. The van der Waals surface area contributed by atoms with Gasteiger partial charge in [0.1, 0.15) is 11.6 Å². The fourth-order valence-electron chi connectivity index (χ4n) is 3.43. The molecule has 0 N–H and O–H groups in total. The van der Waals surface area contributed by atoms with Crippen molar-refractivity contribution in [2.75, 3.05) is 0 Å². The number of rotatable bonds is 3. The van der Waals surface area contributed by atoms with Crippen LogP contribution in [0, 0.1) is 5.92 Å². The van der Waals surface area contributed by atoms with Gasteiger partial charge in [0.15, 0.2) is 0 Å². The van der Waals surface area contributed by atoms with Crippen LogP contribution in [0.4, 0.5) is 0 Å². The highest BCUT2D eigenvalue weighted by Gasteiger charge is 2.13. The molecule has 1 aromatic carbocycles. The molecule has 2 aromatic heterocycles. The second-order valence-electron chi connectivity index (χ2n) is 6.24. The van der Waals surface area contributed by atoms with E-state index < -0.39 is 0 Å². The van der Waals surface area contributed by atoms with Gasteiger partial charge in [0.05, 0.1) is 11.0 Å². The third kappa shape index (κ3) is 2.91. The first-order valence-electron chi connectivity index (χ1n) is 8.49. The SMILES string of the molecule is C(=CC1CCCCC1)c1nc2ccccc2n1-c1ccccn1. The number of aromatic nitrogens is 3. The minimum absolute atomic E-state index is 0.695. The van der Waals surface area contributed by atoms with Gasteiger partial charge in [-0.1, -0.05) is 43.5 Å². The third-order valence-corrected chi connectivity index (χ3v) is 4.63. The molecule has 3 heteroatoms. The summed E-state index contributed by atoms with van der Waals surface area (Å²) in [7, 11) is 0. The van der Waals surface area contributed by atoms with E-state index >= 15 is 0 Å². The van der Waals surface area contributed by atoms with Crippen molar-refractivity contribution in [1.82, 2.24) is 14.5 Å². The zero-order valence-electron chi connectivity index (χ0n) is 13.2. The Morgan fingerprint density at radius 2 is 1.78 bits per heavy atom. The highest BCUT2D eigenvalue weighted by Crippen LogP contribution is 2.26. The van der Waals surface area contributed by atoms with E-state index in [1.807, 2.05) is 30.5 Å². The Balaban J connectivity index is 1.77. The predicted molar refractivity (Wildman–Crippen MR) is 94.5 cm³/mol. The summed E-state index contributed by atoms with van der Waals surface area (Å²) in [5, 5.41) is 0. The number of hydrogen-bond acceptors (Lipinski definition) is 2. The molecular formula is C20H21N3. The van der Waals surface area contributed by atoms with Gasteiger partial charge in [-0.2, -0.15) is 0 Å². The average Bonchev–Trinajstić information content (AvgIpc) is 3.00. The summed E-state index contributed by atoms with van der Waals surface area (Å²) in [6, 6.07) is 14.3. The molecule has 0 amide bonds. The van der Waals surface area contributed by atoms with Gasteiger partial charge in [-0.25, -0.2) is 9.97 Å². The molecule has 4 rings (SSSR count). The summed E-state index contributed by atoms with van der Waals surface area (Å²) in [6.45, 7) is 0. The van der Waals surface area contributed by atoms with E-state index in [1.165, 1.54) is 32.1 Å². The maximum Gasteiger partial charge on any atom is 0.139 e. The van der Waals surface area contributed by atoms with E-state index in [1.54, 1.807) is 0 Å². The fourth-order valence-corrected chi connectivity index (χ4v) is 3.43. The molecule has 1 aliphatic rings. The van der Waals surface area contributed by atoms with E-state index in [4.69, 9.17) is 4.98 Å². The first-order chi connectivity index (χ1) is 11.4. The molecule has 3 aromatic rings. The Labute approximate surface area is 136 Å². The van der Waals surface area contributed by atoms with Crippen molar-refractivity contribution < 1.29 is 0 Å². The lowest BCUT2D eigenvalue weighted by Gasteiger charge is -2.17. The zero-order chi connectivity index (χ0) is 15.5. The van der Waals surface area contributed by atoms with Crippen molar-refractivity contribution in [2.24, 2.45) is 5.92 Å². The molecule has 0 spiro atoms. The molecule has 0 saturated heterocycles. The van der Waals surface area contributed by atoms with Crippen molar-refractivity contribution in [3.63, 3.8) is 0 Å². The molecule has 0 radical (unpaired) electrons. The van der Waals surface area contributed by atoms with Gasteiger partial charge in [-0.3, -0.25) is 4.57 Å². The van der Waals surface area contributed by atoms with Gasteiger partial charge in [-0.15, -0.1) is 0 Å². The van der Waals surface area contributed by atoms with Gasteiger partial charge in [-0.05, 0) is 49.1 Å². The molecule has 0 atom stereocenters. The van der Waals surface area contributed by atoms with E-state index in [-0.39, 0.29) is 0 Å². The monoisotopic (exact) mass is 303 g/mol. The molecule has 23 heavy (non-hydrogen) atoms. The molecule has 0 bridgehead atoms. The minimum atomic E-state index is 0.695. The van der Waals surface area contributed by atoms with Gasteiger partial charge >= 0.3 is 0 Å². The molecule has 0 aliphatic heterocycles. The lowest BCUT2D eigenvalue weighted by Crippen LogP contribution is -2.03. The lowest BCUT2D eigenvalue weighted by atomic mass is 9.89. The van der Waals surface area contributed by atoms with Crippen molar-refractivity contribution >= 4 is 17.1 Å². The smallest absolute Gasteiger partial charge is 0.139 e. The Morgan fingerprint density at radius 3 is 2.61 bits per heavy atom. The average molecular weight is 303 g/mol. The summed E-state index contributed by atoms with van der Waals surface area (Å²) < 4.78 is 2.15. The topological polar surface area (TPSA) is 30.7 Å². The van der Waals surface area contributed by atoms with Crippen LogP contribution in [0.25, 0.3) is 22.9 Å². The molecule has 1 aliphatic carbocycles. The van der Waals surface area contributed by atoms with Crippen LogP contribution in [0.2, 0.25) is 0 Å². The number of benzene rings is 1. The van der Waals surface area contributed by atoms with Crippen LogP contribution in [0.1, 0.15) is 37.9 Å². The van der Waals surface area contributed by atoms with Crippen LogP contribution >= 0.6 is 0 Å². The Bertz CT molecular complexity index is 811. The highest BCUT2D eigenvalue weighted by molar-refractivity contribution is 5.79. The normalized spacial score (nSPS) is 16.3. The van der Waals surface area contributed by atoms with Crippen LogP contribution in [-0.2, 0) is 0 Å². The van der Waals surface area contributed by atoms with Crippen molar-refractivity contribution in [3.8, 4) is 5.82 Å². The molecule has 1 saturated carbocycles.